The molecule has 7 nitrogen and oxygen atoms in total. The SMILES string of the molecule is CCCCCOc1ccc(/C(O)=C2/C(=O)C(=O)N(Cc3cccnc3)C2c2ccccc2OC)cc1. The Morgan fingerprint density at radius 3 is 2.50 bits per heavy atom. The molecule has 0 saturated carbocycles. The first kappa shape index (κ1) is 25.0. The van der Waals surface area contributed by atoms with E-state index in [4.69, 9.17) is 9.47 Å². The average molecular weight is 487 g/mol. The fourth-order valence-corrected chi connectivity index (χ4v) is 4.35. The van der Waals surface area contributed by atoms with Gasteiger partial charge in [0.2, 0.25) is 0 Å². The molecule has 1 unspecified atom stereocenters. The Balaban J connectivity index is 1.73. The molecule has 186 valence electrons. The van der Waals surface area contributed by atoms with E-state index in [0.29, 0.717) is 29.2 Å². The summed E-state index contributed by atoms with van der Waals surface area (Å²) in [6.45, 7) is 2.91. The molecule has 1 amide bonds. The fraction of sp³-hybridized carbons (Fsp3) is 0.276. The summed E-state index contributed by atoms with van der Waals surface area (Å²) in [5, 5.41) is 11.3. The highest BCUT2D eigenvalue weighted by atomic mass is 16.5. The van der Waals surface area contributed by atoms with E-state index in [9.17, 15) is 14.7 Å². The first-order valence-electron chi connectivity index (χ1n) is 12.1. The fourth-order valence-electron chi connectivity index (χ4n) is 4.35. The number of aromatic nitrogens is 1. The van der Waals surface area contributed by atoms with Gasteiger partial charge in [0.15, 0.2) is 0 Å². The lowest BCUT2D eigenvalue weighted by molar-refractivity contribution is -0.140. The summed E-state index contributed by atoms with van der Waals surface area (Å²) < 4.78 is 11.3. The van der Waals surface area contributed by atoms with Crippen LogP contribution in [0.5, 0.6) is 11.5 Å². The van der Waals surface area contributed by atoms with E-state index >= 15 is 0 Å². The topological polar surface area (TPSA) is 89.0 Å². The number of nitrogens with zero attached hydrogens (tertiary/aromatic N) is 2. The van der Waals surface area contributed by atoms with Gasteiger partial charge in [0, 0.05) is 30.1 Å². The number of carbonyl (C=O) groups is 2. The number of aliphatic hydroxyl groups is 1. The van der Waals surface area contributed by atoms with Crippen molar-refractivity contribution in [2.75, 3.05) is 13.7 Å². The number of para-hydroxylation sites is 1. The Hall–Kier alpha value is -4.13. The molecule has 1 N–H and O–H groups in total. The summed E-state index contributed by atoms with van der Waals surface area (Å²) in [6.07, 6.45) is 6.48. The lowest BCUT2D eigenvalue weighted by atomic mass is 9.94. The maximum Gasteiger partial charge on any atom is 0.295 e. The van der Waals surface area contributed by atoms with Crippen molar-refractivity contribution >= 4 is 17.4 Å². The predicted octanol–water partition coefficient (Wildman–Crippen LogP) is 5.28. The summed E-state index contributed by atoms with van der Waals surface area (Å²) in [7, 11) is 1.53. The Bertz CT molecular complexity index is 1240. The lowest BCUT2D eigenvalue weighted by Crippen LogP contribution is -2.29. The smallest absolute Gasteiger partial charge is 0.295 e. The van der Waals surface area contributed by atoms with Crippen LogP contribution in [0.15, 0.2) is 78.6 Å². The zero-order chi connectivity index (χ0) is 25.5. The predicted molar refractivity (Wildman–Crippen MR) is 137 cm³/mol. The average Bonchev–Trinajstić information content (AvgIpc) is 3.16. The van der Waals surface area contributed by atoms with E-state index in [1.165, 1.54) is 12.0 Å². The minimum Gasteiger partial charge on any atom is -0.507 e. The minimum atomic E-state index is -0.827. The van der Waals surface area contributed by atoms with Crippen molar-refractivity contribution in [2.45, 2.75) is 38.8 Å². The van der Waals surface area contributed by atoms with Crippen molar-refractivity contribution in [3.05, 3.63) is 95.3 Å². The number of unbranched alkanes of at least 4 members (excludes halogenated alkanes) is 2. The number of aliphatic hydroxyl groups excluding tert-OH is 1. The van der Waals surface area contributed by atoms with Gasteiger partial charge in [-0.25, -0.2) is 0 Å². The van der Waals surface area contributed by atoms with Gasteiger partial charge in [0.05, 0.1) is 25.3 Å². The summed E-state index contributed by atoms with van der Waals surface area (Å²) in [5.41, 5.74) is 1.82. The molecule has 1 saturated heterocycles. The van der Waals surface area contributed by atoms with E-state index in [1.807, 2.05) is 18.2 Å². The molecule has 1 atom stereocenters. The largest absolute Gasteiger partial charge is 0.507 e. The molecule has 0 spiro atoms. The van der Waals surface area contributed by atoms with Crippen molar-refractivity contribution in [1.29, 1.82) is 0 Å². The van der Waals surface area contributed by atoms with E-state index in [0.717, 1.165) is 24.8 Å². The molecular weight excluding hydrogens is 456 g/mol. The molecule has 1 aliphatic rings. The monoisotopic (exact) mass is 486 g/mol. The van der Waals surface area contributed by atoms with Gasteiger partial charge in [-0.3, -0.25) is 14.6 Å². The van der Waals surface area contributed by atoms with Crippen LogP contribution in [0, 0.1) is 0 Å². The zero-order valence-electron chi connectivity index (χ0n) is 20.5. The number of ether oxygens (including phenoxy) is 2. The number of rotatable bonds is 10. The van der Waals surface area contributed by atoms with E-state index in [-0.39, 0.29) is 17.9 Å². The van der Waals surface area contributed by atoms with Gasteiger partial charge in [0.1, 0.15) is 17.3 Å². The number of benzene rings is 2. The molecule has 36 heavy (non-hydrogen) atoms. The van der Waals surface area contributed by atoms with Crippen molar-refractivity contribution in [3.63, 3.8) is 0 Å². The van der Waals surface area contributed by atoms with E-state index in [1.54, 1.807) is 54.9 Å². The number of carbonyl (C=O) groups excluding carboxylic acids is 2. The Labute approximate surface area is 211 Å². The van der Waals surface area contributed by atoms with E-state index in [2.05, 4.69) is 11.9 Å². The van der Waals surface area contributed by atoms with Gasteiger partial charge >= 0.3 is 0 Å². The standard InChI is InChI=1S/C29H30N2O5/c1-3-4-7-17-36-22-14-12-21(13-15-22)27(32)25-26(23-10-5-6-11-24(23)35-2)31(29(34)28(25)33)19-20-9-8-16-30-18-20/h5-6,8-16,18,26,32H,3-4,7,17,19H2,1-2H3/b27-25-. The highest BCUT2D eigenvalue weighted by Gasteiger charge is 2.47. The molecule has 2 heterocycles. The number of methoxy groups -OCH3 is 1. The molecule has 0 radical (unpaired) electrons. The maximum atomic E-state index is 13.3. The number of hydrogen-bond donors (Lipinski definition) is 1. The molecule has 2 aromatic carbocycles. The molecular formula is C29H30N2O5. The number of amides is 1. The van der Waals surface area contributed by atoms with Gasteiger partial charge in [-0.2, -0.15) is 0 Å². The number of hydrogen-bond acceptors (Lipinski definition) is 6. The lowest BCUT2D eigenvalue weighted by Gasteiger charge is -2.26. The third-order valence-corrected chi connectivity index (χ3v) is 6.19. The van der Waals surface area contributed by atoms with Crippen LogP contribution in [0.1, 0.15) is 48.9 Å². The van der Waals surface area contributed by atoms with Crippen LogP contribution in [0.3, 0.4) is 0 Å². The molecule has 7 heteroatoms. The summed E-state index contributed by atoms with van der Waals surface area (Å²) >= 11 is 0. The third kappa shape index (κ3) is 5.25. The van der Waals surface area contributed by atoms with Crippen molar-refractivity contribution in [3.8, 4) is 11.5 Å². The van der Waals surface area contributed by atoms with Gasteiger partial charge < -0.3 is 19.5 Å². The van der Waals surface area contributed by atoms with Crippen LogP contribution in [-0.2, 0) is 16.1 Å². The second kappa shape index (κ2) is 11.5. The first-order valence-corrected chi connectivity index (χ1v) is 12.1. The van der Waals surface area contributed by atoms with Crippen LogP contribution < -0.4 is 9.47 Å². The highest BCUT2D eigenvalue weighted by Crippen LogP contribution is 2.43. The second-order valence-electron chi connectivity index (χ2n) is 8.61. The van der Waals surface area contributed by atoms with Crippen LogP contribution in [0.4, 0.5) is 0 Å². The molecule has 0 bridgehead atoms. The molecule has 3 aromatic rings. The Kier molecular flexibility index (Phi) is 8.00. The van der Waals surface area contributed by atoms with Gasteiger partial charge in [-0.1, -0.05) is 44.0 Å². The van der Waals surface area contributed by atoms with Crippen LogP contribution >= 0.6 is 0 Å². The molecule has 1 fully saturated rings. The minimum absolute atomic E-state index is 0.0185. The Morgan fingerprint density at radius 1 is 1.03 bits per heavy atom. The normalized spacial score (nSPS) is 16.8. The third-order valence-electron chi connectivity index (χ3n) is 6.19. The number of pyridine rings is 1. The molecule has 0 aliphatic carbocycles. The molecule has 1 aliphatic heterocycles. The Morgan fingerprint density at radius 2 is 1.81 bits per heavy atom. The van der Waals surface area contributed by atoms with Crippen molar-refractivity contribution < 1.29 is 24.2 Å². The highest BCUT2D eigenvalue weighted by molar-refractivity contribution is 6.46. The van der Waals surface area contributed by atoms with Gasteiger partial charge in [-0.05, 0) is 48.4 Å². The zero-order valence-corrected chi connectivity index (χ0v) is 20.5. The number of likely N-dealkylation sites (tertiary alicyclic amines) is 1. The van der Waals surface area contributed by atoms with E-state index < -0.39 is 17.7 Å². The van der Waals surface area contributed by atoms with Crippen LogP contribution in [-0.4, -0.2) is 40.4 Å². The number of Topliss-reactive ketones (excluding diaryl/α,β-unsaturated/α-hetero) is 1. The van der Waals surface area contributed by atoms with Crippen molar-refractivity contribution in [1.82, 2.24) is 9.88 Å². The summed E-state index contributed by atoms with van der Waals surface area (Å²) in [5.74, 6) is -0.474. The molecule has 4 rings (SSSR count). The summed E-state index contributed by atoms with van der Waals surface area (Å²) in [4.78, 5) is 32.1. The molecule has 1 aromatic heterocycles. The number of ketones is 1. The summed E-state index contributed by atoms with van der Waals surface area (Å²) in [6, 6.07) is 16.9. The van der Waals surface area contributed by atoms with Crippen LogP contribution in [0.25, 0.3) is 5.76 Å². The first-order chi connectivity index (χ1) is 17.5. The van der Waals surface area contributed by atoms with Crippen LogP contribution in [0.2, 0.25) is 0 Å². The van der Waals surface area contributed by atoms with Gasteiger partial charge in [0.25, 0.3) is 11.7 Å². The quantitative estimate of drug-likeness (QED) is 0.182. The van der Waals surface area contributed by atoms with Gasteiger partial charge in [-0.15, -0.1) is 0 Å². The van der Waals surface area contributed by atoms with Crippen molar-refractivity contribution in [2.24, 2.45) is 0 Å². The second-order valence-corrected chi connectivity index (χ2v) is 8.61. The maximum absolute atomic E-state index is 13.3.